The Hall–Kier alpha value is -3.76. The maximum absolute atomic E-state index is 13.8. The fourth-order valence-corrected chi connectivity index (χ4v) is 6.16. The number of hydrogen-bond acceptors (Lipinski definition) is 6. The van der Waals surface area contributed by atoms with Crippen LogP contribution in [0, 0.1) is 5.82 Å². The molecule has 1 aliphatic heterocycles. The van der Waals surface area contributed by atoms with E-state index < -0.39 is 5.82 Å². The monoisotopic (exact) mass is 548 g/mol. The van der Waals surface area contributed by atoms with E-state index in [1.807, 2.05) is 11.0 Å². The number of para-hydroxylation sites is 1. The molecule has 0 bridgehead atoms. The van der Waals surface area contributed by atoms with E-state index in [1.165, 1.54) is 35.2 Å². The van der Waals surface area contributed by atoms with Gasteiger partial charge >= 0.3 is 0 Å². The van der Waals surface area contributed by atoms with Crippen molar-refractivity contribution < 1.29 is 18.8 Å². The average molecular weight is 549 g/mol. The van der Waals surface area contributed by atoms with Gasteiger partial charge in [-0.1, -0.05) is 36.0 Å². The summed E-state index contributed by atoms with van der Waals surface area (Å²) in [6, 6.07) is 18.3. The molecule has 1 saturated heterocycles. The Kier molecular flexibility index (Phi) is 8.00. The number of rotatable bonds is 7. The fourth-order valence-electron chi connectivity index (χ4n) is 4.25. The van der Waals surface area contributed by atoms with Gasteiger partial charge in [-0.3, -0.25) is 14.4 Å². The Bertz CT molecular complexity index is 1500. The number of carbonyl (C=O) groups is 3. The van der Waals surface area contributed by atoms with Crippen LogP contribution in [0.4, 0.5) is 15.8 Å². The molecule has 0 radical (unpaired) electrons. The van der Waals surface area contributed by atoms with Gasteiger partial charge in [-0.25, -0.2) is 9.37 Å². The highest BCUT2D eigenvalue weighted by Crippen LogP contribution is 2.31. The van der Waals surface area contributed by atoms with Crippen molar-refractivity contribution in [1.82, 2.24) is 9.88 Å². The van der Waals surface area contributed by atoms with Gasteiger partial charge in [0.15, 0.2) is 4.34 Å². The number of fused-ring (bicyclic) bond motifs is 1. The fraction of sp³-hybridized carbons (Fsp3) is 0.214. The lowest BCUT2D eigenvalue weighted by atomic mass is 10.0. The molecule has 0 spiro atoms. The highest BCUT2D eigenvalue weighted by Gasteiger charge is 2.23. The van der Waals surface area contributed by atoms with Gasteiger partial charge in [0.2, 0.25) is 5.91 Å². The van der Waals surface area contributed by atoms with Crippen LogP contribution in [0.2, 0.25) is 0 Å². The van der Waals surface area contributed by atoms with Gasteiger partial charge in [-0.2, -0.15) is 0 Å². The summed E-state index contributed by atoms with van der Waals surface area (Å²) in [7, 11) is 0. The number of hydrogen-bond donors (Lipinski definition) is 2. The predicted molar refractivity (Wildman–Crippen MR) is 150 cm³/mol. The van der Waals surface area contributed by atoms with E-state index in [2.05, 4.69) is 15.6 Å². The summed E-state index contributed by atoms with van der Waals surface area (Å²) in [6.07, 6.45) is 3.07. The van der Waals surface area contributed by atoms with E-state index in [1.54, 1.807) is 48.5 Å². The number of thioether (sulfide) groups is 1. The van der Waals surface area contributed by atoms with Crippen LogP contribution >= 0.6 is 23.1 Å². The number of piperidine rings is 1. The Morgan fingerprint density at radius 2 is 1.66 bits per heavy atom. The maximum Gasteiger partial charge on any atom is 0.256 e. The summed E-state index contributed by atoms with van der Waals surface area (Å²) in [4.78, 5) is 44.8. The van der Waals surface area contributed by atoms with Gasteiger partial charge in [0.05, 0.1) is 32.8 Å². The number of anilines is 2. The largest absolute Gasteiger partial charge is 0.339 e. The highest BCUT2D eigenvalue weighted by molar-refractivity contribution is 8.01. The number of nitrogens with one attached hydrogen (secondary N) is 2. The third-order valence-corrected chi connectivity index (χ3v) is 8.31. The molecule has 1 fully saturated rings. The lowest BCUT2D eigenvalue weighted by Gasteiger charge is -2.27. The molecule has 0 saturated carbocycles. The minimum atomic E-state index is -0.487. The standard InChI is InChI=1S/C28H25FN4O3S2/c29-21-10-4-5-11-22(21)31-25(34)17-37-28-32-23-13-12-18(16-24(23)38-28)30-26(35)19-8-2-3-9-20(19)27(36)33-14-6-1-7-15-33/h2-5,8-13,16H,1,6-7,14-15,17H2,(H,30,35)(H,31,34). The van der Waals surface area contributed by atoms with Crippen LogP contribution in [0.5, 0.6) is 0 Å². The minimum Gasteiger partial charge on any atom is -0.339 e. The van der Waals surface area contributed by atoms with E-state index in [0.29, 0.717) is 34.2 Å². The van der Waals surface area contributed by atoms with Crippen molar-refractivity contribution in [2.24, 2.45) is 0 Å². The second-order valence-electron chi connectivity index (χ2n) is 8.83. The van der Waals surface area contributed by atoms with Crippen LogP contribution in [0.25, 0.3) is 10.2 Å². The van der Waals surface area contributed by atoms with Crippen LogP contribution in [0.3, 0.4) is 0 Å². The summed E-state index contributed by atoms with van der Waals surface area (Å²) in [6.45, 7) is 1.42. The van der Waals surface area contributed by atoms with E-state index in [0.717, 1.165) is 29.5 Å². The molecule has 10 heteroatoms. The normalized spacial score (nSPS) is 13.3. The Balaban J connectivity index is 1.24. The van der Waals surface area contributed by atoms with Crippen LogP contribution in [0.15, 0.2) is 71.1 Å². The van der Waals surface area contributed by atoms with Gasteiger partial charge in [0.1, 0.15) is 5.82 Å². The summed E-state index contributed by atoms with van der Waals surface area (Å²) >= 11 is 2.66. The third-order valence-electron chi connectivity index (χ3n) is 6.15. The van der Waals surface area contributed by atoms with Crippen molar-refractivity contribution in [2.45, 2.75) is 23.6 Å². The predicted octanol–water partition coefficient (Wildman–Crippen LogP) is 6.04. The van der Waals surface area contributed by atoms with Crippen molar-refractivity contribution in [2.75, 3.05) is 29.5 Å². The van der Waals surface area contributed by atoms with Crippen LogP contribution in [0.1, 0.15) is 40.0 Å². The quantitative estimate of drug-likeness (QED) is 0.275. The molecule has 3 aromatic carbocycles. The van der Waals surface area contributed by atoms with E-state index in [-0.39, 0.29) is 29.2 Å². The average Bonchev–Trinajstić information content (AvgIpc) is 3.35. The highest BCUT2D eigenvalue weighted by atomic mass is 32.2. The molecule has 0 atom stereocenters. The lowest BCUT2D eigenvalue weighted by Crippen LogP contribution is -2.36. The van der Waals surface area contributed by atoms with Crippen LogP contribution in [-0.2, 0) is 4.79 Å². The van der Waals surface area contributed by atoms with Crippen molar-refractivity contribution in [3.63, 3.8) is 0 Å². The molecule has 1 aromatic heterocycles. The molecule has 5 rings (SSSR count). The number of halogens is 1. The molecule has 38 heavy (non-hydrogen) atoms. The van der Waals surface area contributed by atoms with Gasteiger partial charge in [-0.15, -0.1) is 11.3 Å². The minimum absolute atomic E-state index is 0.0829. The number of aromatic nitrogens is 1. The number of likely N-dealkylation sites (tertiary alicyclic amines) is 1. The van der Waals surface area contributed by atoms with Crippen LogP contribution < -0.4 is 10.6 Å². The summed E-state index contributed by atoms with van der Waals surface area (Å²) in [5.41, 5.74) is 2.20. The Morgan fingerprint density at radius 1 is 0.921 bits per heavy atom. The van der Waals surface area contributed by atoms with Crippen LogP contribution in [-0.4, -0.2) is 46.4 Å². The molecule has 4 aromatic rings. The van der Waals surface area contributed by atoms with Crippen molar-refractivity contribution in [3.05, 3.63) is 83.7 Å². The molecule has 1 aliphatic rings. The zero-order valence-electron chi connectivity index (χ0n) is 20.4. The van der Waals surface area contributed by atoms with Gasteiger partial charge in [-0.05, 0) is 61.7 Å². The number of thiazole rings is 1. The smallest absolute Gasteiger partial charge is 0.256 e. The second-order valence-corrected chi connectivity index (χ2v) is 11.1. The molecular formula is C28H25FN4O3S2. The molecular weight excluding hydrogens is 523 g/mol. The molecule has 2 heterocycles. The molecule has 194 valence electrons. The Morgan fingerprint density at radius 3 is 2.45 bits per heavy atom. The lowest BCUT2D eigenvalue weighted by molar-refractivity contribution is -0.113. The molecule has 0 aliphatic carbocycles. The van der Waals surface area contributed by atoms with Crippen molar-refractivity contribution >= 4 is 62.4 Å². The SMILES string of the molecule is O=C(CSc1nc2ccc(NC(=O)c3ccccc3C(=O)N3CCCCC3)cc2s1)Nc1ccccc1F. The van der Waals surface area contributed by atoms with Crippen molar-refractivity contribution in [3.8, 4) is 0 Å². The first-order valence-electron chi connectivity index (χ1n) is 12.3. The zero-order valence-corrected chi connectivity index (χ0v) is 22.0. The van der Waals surface area contributed by atoms with Gasteiger partial charge in [0, 0.05) is 18.8 Å². The summed E-state index contributed by atoms with van der Waals surface area (Å²) in [5, 5.41) is 5.46. The third kappa shape index (κ3) is 6.03. The summed E-state index contributed by atoms with van der Waals surface area (Å²) in [5.74, 6) is -1.20. The zero-order chi connectivity index (χ0) is 26.5. The second kappa shape index (κ2) is 11.7. The first-order chi connectivity index (χ1) is 18.5. The maximum atomic E-state index is 13.8. The van der Waals surface area contributed by atoms with Gasteiger partial charge < -0.3 is 15.5 Å². The number of benzene rings is 3. The van der Waals surface area contributed by atoms with E-state index >= 15 is 0 Å². The first-order valence-corrected chi connectivity index (χ1v) is 14.1. The Labute approximate surface area is 227 Å². The molecule has 0 unspecified atom stereocenters. The van der Waals surface area contributed by atoms with Gasteiger partial charge in [0.25, 0.3) is 11.8 Å². The number of amides is 3. The van der Waals surface area contributed by atoms with E-state index in [9.17, 15) is 18.8 Å². The molecule has 3 amide bonds. The van der Waals surface area contributed by atoms with E-state index in [4.69, 9.17) is 0 Å². The summed E-state index contributed by atoms with van der Waals surface area (Å²) < 4.78 is 15.3. The molecule has 7 nitrogen and oxygen atoms in total. The first kappa shape index (κ1) is 25.9. The number of nitrogens with zero attached hydrogens (tertiary/aromatic N) is 2. The molecule has 2 N–H and O–H groups in total. The van der Waals surface area contributed by atoms with Crippen molar-refractivity contribution in [1.29, 1.82) is 0 Å². The number of carbonyl (C=O) groups excluding carboxylic acids is 3. The topological polar surface area (TPSA) is 91.4 Å².